The number of rotatable bonds is 6. The van der Waals surface area contributed by atoms with Crippen molar-refractivity contribution in [2.75, 3.05) is 19.8 Å². The fraction of sp³-hybridized carbons (Fsp3) is 0.429. The van der Waals surface area contributed by atoms with Crippen molar-refractivity contribution in [2.45, 2.75) is 18.9 Å². The van der Waals surface area contributed by atoms with Crippen molar-refractivity contribution in [1.82, 2.24) is 5.32 Å². The minimum atomic E-state index is -0.135. The highest BCUT2D eigenvalue weighted by Gasteiger charge is 2.21. The second kappa shape index (κ2) is 6.00. The number of benzene rings is 1. The minimum absolute atomic E-state index is 0.00157. The monoisotopic (exact) mass is 249 g/mol. The van der Waals surface area contributed by atoms with Crippen LogP contribution in [0.2, 0.25) is 0 Å². The van der Waals surface area contributed by atoms with Gasteiger partial charge in [-0.1, -0.05) is 13.0 Å². The Morgan fingerprint density at radius 2 is 2.06 bits per heavy atom. The molecule has 2 unspecified atom stereocenters. The lowest BCUT2D eigenvalue weighted by atomic mass is 9.91. The van der Waals surface area contributed by atoms with E-state index in [1.54, 1.807) is 6.26 Å². The van der Waals surface area contributed by atoms with E-state index in [2.05, 4.69) is 5.32 Å². The van der Waals surface area contributed by atoms with Crippen LogP contribution in [0.5, 0.6) is 0 Å². The van der Waals surface area contributed by atoms with Crippen molar-refractivity contribution in [3.05, 3.63) is 36.1 Å². The number of fused-ring (bicyclic) bond motifs is 1. The minimum Gasteiger partial charge on any atom is -0.464 e. The predicted molar refractivity (Wildman–Crippen MR) is 70.6 cm³/mol. The highest BCUT2D eigenvalue weighted by atomic mass is 16.3. The molecule has 0 radical (unpaired) electrons. The van der Waals surface area contributed by atoms with E-state index in [9.17, 15) is 10.2 Å². The third kappa shape index (κ3) is 2.56. The van der Waals surface area contributed by atoms with Gasteiger partial charge in [0.25, 0.3) is 0 Å². The maximum absolute atomic E-state index is 9.56. The van der Waals surface area contributed by atoms with Crippen molar-refractivity contribution in [3.8, 4) is 0 Å². The summed E-state index contributed by atoms with van der Waals surface area (Å²) in [4.78, 5) is 0. The molecule has 0 spiro atoms. The maximum Gasteiger partial charge on any atom is 0.133 e. The van der Waals surface area contributed by atoms with Gasteiger partial charge >= 0.3 is 0 Å². The zero-order chi connectivity index (χ0) is 13.0. The van der Waals surface area contributed by atoms with Gasteiger partial charge in [-0.25, -0.2) is 0 Å². The molecular weight excluding hydrogens is 230 g/mol. The van der Waals surface area contributed by atoms with E-state index in [1.807, 2.05) is 31.2 Å². The van der Waals surface area contributed by atoms with Crippen molar-refractivity contribution >= 4 is 11.0 Å². The Balaban J connectivity index is 2.29. The first-order valence-corrected chi connectivity index (χ1v) is 6.22. The summed E-state index contributed by atoms with van der Waals surface area (Å²) >= 11 is 0. The smallest absolute Gasteiger partial charge is 0.133 e. The van der Waals surface area contributed by atoms with Gasteiger partial charge in [0.05, 0.1) is 19.5 Å². The van der Waals surface area contributed by atoms with Crippen LogP contribution in [-0.4, -0.2) is 36.0 Å². The van der Waals surface area contributed by atoms with Gasteiger partial charge in [0, 0.05) is 17.3 Å². The molecule has 0 aliphatic rings. The Bertz CT molecular complexity index is 494. The van der Waals surface area contributed by atoms with E-state index in [0.29, 0.717) is 0 Å². The van der Waals surface area contributed by atoms with Crippen LogP contribution in [0, 0.1) is 0 Å². The van der Waals surface area contributed by atoms with Crippen LogP contribution in [0.3, 0.4) is 0 Å². The Hall–Kier alpha value is -1.36. The predicted octanol–water partition coefficient (Wildman–Crippen LogP) is 1.48. The highest BCUT2D eigenvalue weighted by molar-refractivity contribution is 5.77. The molecule has 18 heavy (non-hydrogen) atoms. The first-order valence-electron chi connectivity index (χ1n) is 6.22. The fourth-order valence-electron chi connectivity index (χ4n) is 2.28. The molecular formula is C14H19NO3. The average molecular weight is 249 g/mol. The van der Waals surface area contributed by atoms with E-state index in [4.69, 9.17) is 4.42 Å². The molecule has 98 valence electrons. The van der Waals surface area contributed by atoms with Crippen LogP contribution in [-0.2, 0) is 0 Å². The summed E-state index contributed by atoms with van der Waals surface area (Å²) in [6.07, 6.45) is 1.65. The lowest BCUT2D eigenvalue weighted by molar-refractivity contribution is 0.179. The molecule has 2 atom stereocenters. The molecule has 4 heteroatoms. The normalized spacial score (nSPS) is 14.8. The zero-order valence-electron chi connectivity index (χ0n) is 10.5. The standard InChI is InChI=1S/C14H19NO3/c1-2-15-13(9-17)12(8-16)10-3-4-14-11(7-10)5-6-18-14/h3-7,12-13,15-17H,2,8-9H2,1H3. The Morgan fingerprint density at radius 1 is 1.22 bits per heavy atom. The number of hydrogen-bond donors (Lipinski definition) is 3. The number of likely N-dealkylation sites (N-methyl/N-ethyl adjacent to an activating group) is 1. The number of aliphatic hydroxyl groups excluding tert-OH is 2. The molecule has 0 fully saturated rings. The molecule has 0 saturated carbocycles. The van der Waals surface area contributed by atoms with Crippen molar-refractivity contribution in [1.29, 1.82) is 0 Å². The van der Waals surface area contributed by atoms with Gasteiger partial charge < -0.3 is 19.9 Å². The Kier molecular flexibility index (Phi) is 4.36. The lowest BCUT2D eigenvalue weighted by Crippen LogP contribution is -2.39. The van der Waals surface area contributed by atoms with Gasteiger partial charge in [-0.15, -0.1) is 0 Å². The number of nitrogens with one attached hydrogen (secondary N) is 1. The third-order valence-electron chi connectivity index (χ3n) is 3.25. The molecule has 0 aliphatic carbocycles. The third-order valence-corrected chi connectivity index (χ3v) is 3.25. The lowest BCUT2D eigenvalue weighted by Gasteiger charge is -2.25. The molecule has 0 amide bonds. The molecule has 2 aromatic rings. The SMILES string of the molecule is CCNC(CO)C(CO)c1ccc2occc2c1. The van der Waals surface area contributed by atoms with Crippen LogP contribution >= 0.6 is 0 Å². The molecule has 2 rings (SSSR count). The summed E-state index contributed by atoms with van der Waals surface area (Å²) in [6.45, 7) is 2.75. The first-order chi connectivity index (χ1) is 8.80. The van der Waals surface area contributed by atoms with Gasteiger partial charge in [-0.2, -0.15) is 0 Å². The molecule has 0 saturated heterocycles. The molecule has 1 aromatic heterocycles. The van der Waals surface area contributed by atoms with E-state index in [0.717, 1.165) is 23.1 Å². The van der Waals surface area contributed by atoms with Gasteiger partial charge in [0.1, 0.15) is 5.58 Å². The highest BCUT2D eigenvalue weighted by Crippen LogP contribution is 2.24. The van der Waals surface area contributed by atoms with Gasteiger partial charge in [0.15, 0.2) is 0 Å². The van der Waals surface area contributed by atoms with E-state index in [-0.39, 0.29) is 25.2 Å². The summed E-state index contributed by atoms with van der Waals surface area (Å²) < 4.78 is 5.29. The van der Waals surface area contributed by atoms with Gasteiger partial charge in [-0.05, 0) is 30.3 Å². The fourth-order valence-corrected chi connectivity index (χ4v) is 2.28. The molecule has 1 aromatic carbocycles. The second-order valence-electron chi connectivity index (χ2n) is 4.35. The summed E-state index contributed by atoms with van der Waals surface area (Å²) in [7, 11) is 0. The van der Waals surface area contributed by atoms with Crippen molar-refractivity contribution in [2.24, 2.45) is 0 Å². The van der Waals surface area contributed by atoms with Crippen LogP contribution in [0.15, 0.2) is 34.9 Å². The number of aliphatic hydroxyl groups is 2. The molecule has 1 heterocycles. The largest absolute Gasteiger partial charge is 0.464 e. The van der Waals surface area contributed by atoms with Crippen LogP contribution in [0.1, 0.15) is 18.4 Å². The van der Waals surface area contributed by atoms with E-state index >= 15 is 0 Å². The topological polar surface area (TPSA) is 65.6 Å². The van der Waals surface area contributed by atoms with Crippen molar-refractivity contribution < 1.29 is 14.6 Å². The Labute approximate surface area is 106 Å². The summed E-state index contributed by atoms with van der Waals surface area (Å²) in [5.41, 5.74) is 1.84. The van der Waals surface area contributed by atoms with Gasteiger partial charge in [0.2, 0.25) is 0 Å². The molecule has 4 nitrogen and oxygen atoms in total. The summed E-state index contributed by atoms with van der Waals surface area (Å²) in [5.74, 6) is -0.116. The Morgan fingerprint density at radius 3 is 2.72 bits per heavy atom. The quantitative estimate of drug-likeness (QED) is 0.725. The van der Waals surface area contributed by atoms with Crippen LogP contribution in [0.25, 0.3) is 11.0 Å². The zero-order valence-corrected chi connectivity index (χ0v) is 10.5. The van der Waals surface area contributed by atoms with Crippen molar-refractivity contribution in [3.63, 3.8) is 0 Å². The molecule has 0 bridgehead atoms. The number of furan rings is 1. The summed E-state index contributed by atoms with van der Waals surface area (Å²) in [6, 6.07) is 7.60. The molecule has 3 N–H and O–H groups in total. The maximum atomic E-state index is 9.56. The average Bonchev–Trinajstić information content (AvgIpc) is 2.86. The van der Waals surface area contributed by atoms with Crippen LogP contribution < -0.4 is 5.32 Å². The second-order valence-corrected chi connectivity index (χ2v) is 4.35. The van der Waals surface area contributed by atoms with E-state index in [1.165, 1.54) is 0 Å². The first kappa shape index (κ1) is 13.1. The van der Waals surface area contributed by atoms with Crippen LogP contribution in [0.4, 0.5) is 0 Å². The number of hydrogen-bond acceptors (Lipinski definition) is 4. The van der Waals surface area contributed by atoms with E-state index < -0.39 is 0 Å². The summed E-state index contributed by atoms with van der Waals surface area (Å²) in [5, 5.41) is 23.2. The molecule has 0 aliphatic heterocycles. The van der Waals surface area contributed by atoms with Gasteiger partial charge in [-0.3, -0.25) is 0 Å².